The van der Waals surface area contributed by atoms with Crippen molar-refractivity contribution < 1.29 is 18.3 Å². The molecule has 0 bridgehead atoms. The van der Waals surface area contributed by atoms with E-state index in [-0.39, 0.29) is 17.4 Å². The van der Waals surface area contributed by atoms with Crippen molar-refractivity contribution in [2.75, 3.05) is 6.54 Å². The Balaban J connectivity index is 1.59. The molecule has 2 atom stereocenters. The van der Waals surface area contributed by atoms with Gasteiger partial charge in [-0.25, -0.2) is 13.1 Å². The highest BCUT2D eigenvalue weighted by Gasteiger charge is 2.41. The molecule has 0 fully saturated rings. The molecule has 4 aromatic rings. The number of benzene rings is 1. The second-order valence-electron chi connectivity index (χ2n) is 11.3. The zero-order chi connectivity index (χ0) is 29.0. The summed E-state index contributed by atoms with van der Waals surface area (Å²) in [5.41, 5.74) is 3.80. The van der Waals surface area contributed by atoms with Crippen LogP contribution in [-0.4, -0.2) is 50.3 Å². The lowest BCUT2D eigenvalue weighted by Gasteiger charge is -2.31. The van der Waals surface area contributed by atoms with Crippen LogP contribution in [0, 0.1) is 25.2 Å². The molecule has 11 heteroatoms. The fourth-order valence-electron chi connectivity index (χ4n) is 5.73. The minimum absolute atomic E-state index is 0.106. The van der Waals surface area contributed by atoms with Gasteiger partial charge in [-0.3, -0.25) is 9.78 Å². The zero-order valence-corrected chi connectivity index (χ0v) is 25.3. The van der Waals surface area contributed by atoms with Crippen LogP contribution < -0.4 is 0 Å². The predicted octanol–water partition coefficient (Wildman–Crippen LogP) is 5.15. The molecule has 212 valence electrons. The van der Waals surface area contributed by atoms with Gasteiger partial charge in [-0.15, -0.1) is 16.4 Å². The van der Waals surface area contributed by atoms with Gasteiger partial charge >= 0.3 is 5.97 Å². The zero-order valence-electron chi connectivity index (χ0n) is 23.7. The molecule has 1 aliphatic heterocycles. The summed E-state index contributed by atoms with van der Waals surface area (Å²) in [6.07, 6.45) is 2.23. The van der Waals surface area contributed by atoms with E-state index in [1.165, 1.54) is 11.3 Å². The van der Waals surface area contributed by atoms with Gasteiger partial charge in [0.1, 0.15) is 10.4 Å². The molecule has 9 nitrogen and oxygen atoms in total. The molecular formula is C29H35N5O4S2. The average molecular weight is 582 g/mol. The van der Waals surface area contributed by atoms with Crippen LogP contribution in [-0.2, 0) is 34.3 Å². The van der Waals surface area contributed by atoms with Gasteiger partial charge < -0.3 is 5.11 Å². The molecule has 0 saturated heterocycles. The van der Waals surface area contributed by atoms with Crippen molar-refractivity contribution in [1.29, 1.82) is 0 Å². The Bertz CT molecular complexity index is 1710. The molecule has 40 heavy (non-hydrogen) atoms. The van der Waals surface area contributed by atoms with E-state index in [2.05, 4.69) is 15.3 Å². The standard InChI is InChI=1S/C29H35N5O4S2/c1-7-34-23-11-10-21(18(3)27(23)31-32-34)26(29(5,6)28(35)36)24-14-20(19(4)39-24)16-33-15-17(2)13-22-25(40(33,37)38)9-8-12-30-22/h8-12,14,17,26H,7,13,15-16H2,1-6H3,(H,35,36)/t17-,26-/m1/s1. The minimum Gasteiger partial charge on any atom is -0.481 e. The quantitative estimate of drug-likeness (QED) is 0.321. The van der Waals surface area contributed by atoms with Gasteiger partial charge in [-0.2, -0.15) is 4.31 Å². The predicted molar refractivity (Wildman–Crippen MR) is 155 cm³/mol. The van der Waals surface area contributed by atoms with E-state index >= 15 is 0 Å². The number of carboxylic acids is 1. The Morgan fingerprint density at radius 3 is 2.70 bits per heavy atom. The van der Waals surface area contributed by atoms with Gasteiger partial charge in [0, 0.05) is 41.5 Å². The molecule has 0 spiro atoms. The number of hydrogen-bond acceptors (Lipinski definition) is 7. The molecule has 1 aliphatic rings. The fourth-order valence-corrected chi connectivity index (χ4v) is 8.80. The summed E-state index contributed by atoms with van der Waals surface area (Å²) in [4.78, 5) is 19.1. The number of pyridine rings is 1. The number of thiophene rings is 1. The third-order valence-electron chi connectivity index (χ3n) is 8.06. The van der Waals surface area contributed by atoms with Crippen LogP contribution in [0.25, 0.3) is 11.0 Å². The molecule has 0 amide bonds. The Morgan fingerprint density at radius 1 is 1.25 bits per heavy atom. The lowest BCUT2D eigenvalue weighted by atomic mass is 9.72. The van der Waals surface area contributed by atoms with Crippen LogP contribution in [0.2, 0.25) is 0 Å². The first kappa shape index (κ1) is 28.4. The molecule has 4 heterocycles. The van der Waals surface area contributed by atoms with Gasteiger partial charge in [0.05, 0.1) is 16.6 Å². The molecule has 0 radical (unpaired) electrons. The first-order valence-electron chi connectivity index (χ1n) is 13.5. The summed E-state index contributed by atoms with van der Waals surface area (Å²) < 4.78 is 30.7. The maximum absolute atomic E-state index is 13.7. The number of carbonyl (C=O) groups is 1. The van der Waals surface area contributed by atoms with Crippen molar-refractivity contribution in [2.24, 2.45) is 11.3 Å². The summed E-state index contributed by atoms with van der Waals surface area (Å²) in [6, 6.07) is 9.24. The summed E-state index contributed by atoms with van der Waals surface area (Å²) in [7, 11) is -3.74. The highest BCUT2D eigenvalue weighted by Crippen LogP contribution is 2.47. The Labute approximate surface area is 238 Å². The van der Waals surface area contributed by atoms with Crippen molar-refractivity contribution in [3.63, 3.8) is 0 Å². The Hall–Kier alpha value is -3.15. The smallest absolute Gasteiger partial charge is 0.310 e. The van der Waals surface area contributed by atoms with Crippen molar-refractivity contribution in [2.45, 2.75) is 71.9 Å². The highest BCUT2D eigenvalue weighted by atomic mass is 32.2. The molecule has 0 aliphatic carbocycles. The molecular weight excluding hydrogens is 546 g/mol. The lowest BCUT2D eigenvalue weighted by Crippen LogP contribution is -2.33. The number of rotatable bonds is 7. The number of hydrogen-bond donors (Lipinski definition) is 1. The second-order valence-corrected chi connectivity index (χ2v) is 14.5. The number of aromatic nitrogens is 4. The van der Waals surface area contributed by atoms with Crippen LogP contribution in [0.1, 0.15) is 65.8 Å². The first-order valence-corrected chi connectivity index (χ1v) is 15.7. The summed E-state index contributed by atoms with van der Waals surface area (Å²) >= 11 is 1.53. The van der Waals surface area contributed by atoms with Crippen molar-refractivity contribution >= 4 is 38.4 Å². The molecule has 1 aromatic carbocycles. The Kier molecular flexibility index (Phi) is 7.35. The van der Waals surface area contributed by atoms with Crippen LogP contribution >= 0.6 is 11.3 Å². The van der Waals surface area contributed by atoms with E-state index in [1.54, 1.807) is 36.5 Å². The maximum Gasteiger partial charge on any atom is 0.310 e. The van der Waals surface area contributed by atoms with Crippen LogP contribution in [0.4, 0.5) is 0 Å². The first-order chi connectivity index (χ1) is 18.9. The summed E-state index contributed by atoms with van der Waals surface area (Å²) in [5, 5.41) is 19.0. The summed E-state index contributed by atoms with van der Waals surface area (Å²) in [5.74, 6) is -1.27. The minimum atomic E-state index is -3.74. The number of aliphatic carboxylic acids is 1. The van der Waals surface area contributed by atoms with Crippen LogP contribution in [0.15, 0.2) is 41.4 Å². The average Bonchev–Trinajstić information content (AvgIpc) is 3.46. The van der Waals surface area contributed by atoms with Crippen LogP contribution in [0.3, 0.4) is 0 Å². The molecule has 5 rings (SSSR count). The molecule has 0 saturated carbocycles. The van der Waals surface area contributed by atoms with E-state index in [0.29, 0.717) is 25.2 Å². The number of sulfonamides is 1. The van der Waals surface area contributed by atoms with Crippen molar-refractivity contribution in [3.05, 3.63) is 68.7 Å². The van der Waals surface area contributed by atoms with E-state index in [1.807, 2.05) is 50.6 Å². The van der Waals surface area contributed by atoms with Gasteiger partial charge in [0.15, 0.2) is 0 Å². The second kappa shape index (κ2) is 10.4. The number of fused-ring (bicyclic) bond motifs is 2. The van der Waals surface area contributed by atoms with Gasteiger partial charge in [-0.1, -0.05) is 18.2 Å². The largest absolute Gasteiger partial charge is 0.481 e. The lowest BCUT2D eigenvalue weighted by molar-refractivity contribution is -0.147. The third-order valence-corrected chi connectivity index (χ3v) is 11.1. The van der Waals surface area contributed by atoms with E-state index < -0.39 is 27.3 Å². The van der Waals surface area contributed by atoms with Crippen molar-refractivity contribution in [3.8, 4) is 0 Å². The monoisotopic (exact) mass is 581 g/mol. The molecule has 1 N–H and O–H groups in total. The molecule has 0 unspecified atom stereocenters. The van der Waals surface area contributed by atoms with Crippen LogP contribution in [0.5, 0.6) is 0 Å². The topological polar surface area (TPSA) is 118 Å². The number of nitrogens with zero attached hydrogens (tertiary/aromatic N) is 5. The van der Waals surface area contributed by atoms with E-state index in [0.717, 1.165) is 37.5 Å². The van der Waals surface area contributed by atoms with E-state index in [9.17, 15) is 18.3 Å². The van der Waals surface area contributed by atoms with E-state index in [4.69, 9.17) is 0 Å². The number of aryl methyl sites for hydroxylation is 3. The van der Waals surface area contributed by atoms with Gasteiger partial charge in [0.25, 0.3) is 0 Å². The van der Waals surface area contributed by atoms with Gasteiger partial charge in [0.2, 0.25) is 10.0 Å². The molecule has 3 aromatic heterocycles. The number of carboxylic acid groups (broad SMARTS) is 1. The highest BCUT2D eigenvalue weighted by molar-refractivity contribution is 7.89. The Morgan fingerprint density at radius 2 is 2.00 bits per heavy atom. The van der Waals surface area contributed by atoms with Gasteiger partial charge in [-0.05, 0) is 87.9 Å². The normalized spacial score (nSPS) is 18.4. The van der Waals surface area contributed by atoms with Crippen molar-refractivity contribution in [1.82, 2.24) is 24.3 Å². The fraction of sp³-hybridized carbons (Fsp3) is 0.448. The third kappa shape index (κ3) is 4.73. The maximum atomic E-state index is 13.7. The SMILES string of the molecule is CCn1nnc2c(C)c([C@H](c3cc(CN4C[C@H](C)Cc5ncccc5S4(=O)=O)c(C)s3)C(C)(C)C(=O)O)ccc21. The summed E-state index contributed by atoms with van der Waals surface area (Å²) in [6.45, 7) is 12.8.